The van der Waals surface area contributed by atoms with Crippen molar-refractivity contribution in [2.24, 2.45) is 0 Å². The van der Waals surface area contributed by atoms with Gasteiger partial charge in [-0.3, -0.25) is 4.40 Å². The van der Waals surface area contributed by atoms with Crippen LogP contribution < -0.4 is 5.73 Å². The summed E-state index contributed by atoms with van der Waals surface area (Å²) >= 11 is 0. The van der Waals surface area contributed by atoms with Gasteiger partial charge < -0.3 is 5.73 Å². The molecule has 0 amide bonds. The largest absolute Gasteiger partial charge is 0.399 e. The molecule has 0 atom stereocenters. The summed E-state index contributed by atoms with van der Waals surface area (Å²) in [6, 6.07) is 12.0. The van der Waals surface area contributed by atoms with Crippen LogP contribution >= 0.6 is 0 Å². The fraction of sp³-hybridized carbons (Fsp3) is 0.0714. The second-order valence-electron chi connectivity index (χ2n) is 4.15. The van der Waals surface area contributed by atoms with Crippen molar-refractivity contribution >= 4 is 11.2 Å². The number of benzene rings is 1. The number of aryl methyl sites for hydroxylation is 1. The summed E-state index contributed by atoms with van der Waals surface area (Å²) < 4.78 is 2.07. The van der Waals surface area contributed by atoms with E-state index in [4.69, 9.17) is 5.73 Å². The van der Waals surface area contributed by atoms with Crippen molar-refractivity contribution in [3.8, 4) is 11.4 Å². The fourth-order valence-electron chi connectivity index (χ4n) is 1.97. The molecule has 84 valence electrons. The van der Waals surface area contributed by atoms with Crippen LogP contribution in [0, 0.1) is 6.92 Å². The van der Waals surface area contributed by atoms with Crippen LogP contribution in [0.25, 0.3) is 16.9 Å². The second-order valence-corrected chi connectivity index (χ2v) is 4.15. The summed E-state index contributed by atoms with van der Waals surface area (Å²) in [5.74, 6) is 0.948. The van der Waals surface area contributed by atoms with E-state index in [9.17, 15) is 0 Å². The Kier molecular flexibility index (Phi) is 2.11. The highest BCUT2D eigenvalue weighted by Crippen LogP contribution is 2.23. The van der Waals surface area contributed by atoms with Crippen LogP contribution in [0.3, 0.4) is 0 Å². The van der Waals surface area contributed by atoms with Gasteiger partial charge in [0.1, 0.15) is 5.82 Å². The summed E-state index contributed by atoms with van der Waals surface area (Å²) in [7, 11) is 0. The minimum absolute atomic E-state index is 0.814. The lowest BCUT2D eigenvalue weighted by Gasteiger charge is -2.04. The number of pyridine rings is 1. The van der Waals surface area contributed by atoms with Crippen LogP contribution in [0.4, 0.5) is 5.69 Å². The lowest BCUT2D eigenvalue weighted by molar-refractivity contribution is 1.16. The molecule has 0 spiro atoms. The molecule has 0 saturated carbocycles. The van der Waals surface area contributed by atoms with E-state index in [-0.39, 0.29) is 0 Å². The van der Waals surface area contributed by atoms with Crippen molar-refractivity contribution in [1.82, 2.24) is 9.38 Å². The highest BCUT2D eigenvalue weighted by molar-refractivity contribution is 5.66. The molecule has 3 heteroatoms. The van der Waals surface area contributed by atoms with Crippen LogP contribution in [-0.4, -0.2) is 9.38 Å². The summed E-state index contributed by atoms with van der Waals surface area (Å²) in [5.41, 5.74) is 9.90. The Balaban J connectivity index is 2.24. The van der Waals surface area contributed by atoms with Crippen molar-refractivity contribution in [1.29, 1.82) is 0 Å². The van der Waals surface area contributed by atoms with Gasteiger partial charge in [0.25, 0.3) is 0 Å². The quantitative estimate of drug-likeness (QED) is 0.644. The standard InChI is InChI=1S/C14H13N3/c1-10-8-11(5-6-13(10)15)14-16-9-12-4-2-3-7-17(12)14/h2-9H,15H2,1H3. The van der Waals surface area contributed by atoms with E-state index < -0.39 is 0 Å². The molecule has 0 aliphatic heterocycles. The SMILES string of the molecule is Cc1cc(-c2ncc3ccccn23)ccc1N. The second kappa shape index (κ2) is 3.63. The molecule has 2 aromatic heterocycles. The molecule has 1 aromatic carbocycles. The molecule has 0 aliphatic carbocycles. The normalized spacial score (nSPS) is 10.9. The maximum atomic E-state index is 5.83. The van der Waals surface area contributed by atoms with Gasteiger partial charge in [0, 0.05) is 17.4 Å². The van der Waals surface area contributed by atoms with Gasteiger partial charge in [0.15, 0.2) is 0 Å². The smallest absolute Gasteiger partial charge is 0.144 e. The van der Waals surface area contributed by atoms with Crippen molar-refractivity contribution in [2.45, 2.75) is 6.92 Å². The third-order valence-electron chi connectivity index (χ3n) is 2.97. The molecule has 3 nitrogen and oxygen atoms in total. The first-order chi connectivity index (χ1) is 8.25. The molecule has 17 heavy (non-hydrogen) atoms. The monoisotopic (exact) mass is 223 g/mol. The minimum atomic E-state index is 0.814. The maximum absolute atomic E-state index is 5.83. The molecule has 0 aliphatic rings. The average Bonchev–Trinajstić information content (AvgIpc) is 2.76. The third-order valence-corrected chi connectivity index (χ3v) is 2.97. The lowest BCUT2D eigenvalue weighted by Crippen LogP contribution is -1.92. The zero-order chi connectivity index (χ0) is 11.8. The van der Waals surface area contributed by atoms with Crippen molar-refractivity contribution < 1.29 is 0 Å². The number of anilines is 1. The maximum Gasteiger partial charge on any atom is 0.144 e. The summed E-state index contributed by atoms with van der Waals surface area (Å²) in [5, 5.41) is 0. The number of hydrogen-bond acceptors (Lipinski definition) is 2. The topological polar surface area (TPSA) is 43.3 Å². The molecule has 3 rings (SSSR count). The summed E-state index contributed by atoms with van der Waals surface area (Å²) in [6.07, 6.45) is 3.89. The first kappa shape index (κ1) is 9.90. The Morgan fingerprint density at radius 1 is 1.18 bits per heavy atom. The minimum Gasteiger partial charge on any atom is -0.399 e. The Morgan fingerprint density at radius 3 is 2.88 bits per heavy atom. The molecular formula is C14H13N3. The molecule has 0 unspecified atom stereocenters. The zero-order valence-corrected chi connectivity index (χ0v) is 9.59. The number of fused-ring (bicyclic) bond motifs is 1. The van der Waals surface area contributed by atoms with Crippen LogP contribution in [0.15, 0.2) is 48.8 Å². The third kappa shape index (κ3) is 1.56. The summed E-state index contributed by atoms with van der Waals surface area (Å²) in [6.45, 7) is 2.01. The van der Waals surface area contributed by atoms with E-state index in [1.165, 1.54) is 0 Å². The van der Waals surface area contributed by atoms with Gasteiger partial charge in [-0.2, -0.15) is 0 Å². The van der Waals surface area contributed by atoms with Crippen LogP contribution in [0.5, 0.6) is 0 Å². The number of aromatic nitrogens is 2. The van der Waals surface area contributed by atoms with E-state index in [2.05, 4.69) is 15.5 Å². The molecule has 3 aromatic rings. The van der Waals surface area contributed by atoms with Crippen LogP contribution in [0.1, 0.15) is 5.56 Å². The molecule has 0 fully saturated rings. The molecule has 2 N–H and O–H groups in total. The molecule has 0 radical (unpaired) electrons. The van der Waals surface area contributed by atoms with E-state index in [1.54, 1.807) is 0 Å². The van der Waals surface area contributed by atoms with Gasteiger partial charge in [0.2, 0.25) is 0 Å². The highest BCUT2D eigenvalue weighted by atomic mass is 15.0. The average molecular weight is 223 g/mol. The number of hydrogen-bond donors (Lipinski definition) is 1. The number of nitrogen functional groups attached to an aromatic ring is 1. The first-order valence-corrected chi connectivity index (χ1v) is 5.54. The number of imidazole rings is 1. The number of nitrogens with zero attached hydrogens (tertiary/aromatic N) is 2. The molecule has 0 bridgehead atoms. The van der Waals surface area contributed by atoms with Crippen LogP contribution in [-0.2, 0) is 0 Å². The van der Waals surface area contributed by atoms with Gasteiger partial charge >= 0.3 is 0 Å². The molecular weight excluding hydrogens is 210 g/mol. The van der Waals surface area contributed by atoms with E-state index in [1.807, 2.05) is 49.6 Å². The van der Waals surface area contributed by atoms with Gasteiger partial charge in [-0.1, -0.05) is 6.07 Å². The molecule has 0 saturated heterocycles. The van der Waals surface area contributed by atoms with E-state index in [0.29, 0.717) is 0 Å². The van der Waals surface area contributed by atoms with E-state index in [0.717, 1.165) is 28.2 Å². The Hall–Kier alpha value is -2.29. The number of rotatable bonds is 1. The lowest BCUT2D eigenvalue weighted by atomic mass is 10.1. The Morgan fingerprint density at radius 2 is 2.06 bits per heavy atom. The predicted octanol–water partition coefficient (Wildman–Crippen LogP) is 2.89. The van der Waals surface area contributed by atoms with Gasteiger partial charge in [-0.05, 0) is 42.8 Å². The van der Waals surface area contributed by atoms with Crippen molar-refractivity contribution in [2.75, 3.05) is 5.73 Å². The predicted molar refractivity (Wildman–Crippen MR) is 69.8 cm³/mol. The first-order valence-electron chi connectivity index (χ1n) is 5.54. The number of nitrogens with two attached hydrogens (primary N) is 1. The highest BCUT2D eigenvalue weighted by Gasteiger charge is 2.06. The Labute approximate surface area is 99.5 Å². The van der Waals surface area contributed by atoms with E-state index >= 15 is 0 Å². The van der Waals surface area contributed by atoms with Crippen LogP contribution in [0.2, 0.25) is 0 Å². The molecule has 2 heterocycles. The van der Waals surface area contributed by atoms with Crippen molar-refractivity contribution in [3.63, 3.8) is 0 Å². The van der Waals surface area contributed by atoms with Gasteiger partial charge in [0.05, 0.1) is 11.7 Å². The van der Waals surface area contributed by atoms with Gasteiger partial charge in [-0.25, -0.2) is 4.98 Å². The summed E-state index contributed by atoms with van der Waals surface area (Å²) in [4.78, 5) is 4.46. The fourth-order valence-corrected chi connectivity index (χ4v) is 1.97. The van der Waals surface area contributed by atoms with Gasteiger partial charge in [-0.15, -0.1) is 0 Å². The zero-order valence-electron chi connectivity index (χ0n) is 9.59. The Bertz CT molecular complexity index is 683. The van der Waals surface area contributed by atoms with Crippen molar-refractivity contribution in [3.05, 3.63) is 54.4 Å².